The molecule has 18 heavy (non-hydrogen) atoms. The average Bonchev–Trinajstić information content (AvgIpc) is 2.74. The molecule has 1 N–H and O–H groups in total. The van der Waals surface area contributed by atoms with Crippen molar-refractivity contribution in [3.8, 4) is 0 Å². The molecule has 0 unspecified atom stereocenters. The van der Waals surface area contributed by atoms with E-state index in [1.807, 2.05) is 13.1 Å². The molecule has 2 aromatic rings. The minimum Gasteiger partial charge on any atom is -0.391 e. The van der Waals surface area contributed by atoms with Gasteiger partial charge >= 0.3 is 0 Å². The van der Waals surface area contributed by atoms with Gasteiger partial charge in [0.25, 0.3) is 5.69 Å². The van der Waals surface area contributed by atoms with Crippen molar-refractivity contribution in [1.29, 1.82) is 0 Å². The first-order valence-electron chi connectivity index (χ1n) is 5.46. The van der Waals surface area contributed by atoms with Gasteiger partial charge in [0.15, 0.2) is 0 Å². The molecule has 6 heteroatoms. The SMILES string of the molecule is Cc1cnn(Cc2ccc(CO)c([N+](=O)[O-])c2)c1. The Morgan fingerprint density at radius 3 is 2.83 bits per heavy atom. The third kappa shape index (κ3) is 2.54. The van der Waals surface area contributed by atoms with Crippen LogP contribution in [0.5, 0.6) is 0 Å². The second kappa shape index (κ2) is 4.97. The van der Waals surface area contributed by atoms with Crippen molar-refractivity contribution >= 4 is 5.69 Å². The maximum absolute atomic E-state index is 10.9. The van der Waals surface area contributed by atoms with E-state index in [-0.39, 0.29) is 12.3 Å². The molecule has 1 aromatic carbocycles. The molecule has 0 aliphatic carbocycles. The third-order valence-electron chi connectivity index (χ3n) is 2.62. The van der Waals surface area contributed by atoms with Crippen LogP contribution in [0.2, 0.25) is 0 Å². The van der Waals surface area contributed by atoms with Crippen LogP contribution in [0.25, 0.3) is 0 Å². The van der Waals surface area contributed by atoms with Gasteiger partial charge in [0, 0.05) is 12.3 Å². The van der Waals surface area contributed by atoms with Crippen LogP contribution in [0.4, 0.5) is 5.69 Å². The van der Waals surface area contributed by atoms with Crippen LogP contribution in [0.1, 0.15) is 16.7 Å². The number of nitrogens with zero attached hydrogens (tertiary/aromatic N) is 3. The molecule has 0 spiro atoms. The zero-order valence-corrected chi connectivity index (χ0v) is 9.91. The summed E-state index contributed by atoms with van der Waals surface area (Å²) in [6, 6.07) is 4.81. The number of aliphatic hydroxyl groups excluding tert-OH is 1. The van der Waals surface area contributed by atoms with Gasteiger partial charge in [0.1, 0.15) is 0 Å². The second-order valence-electron chi connectivity index (χ2n) is 4.09. The van der Waals surface area contributed by atoms with E-state index in [2.05, 4.69) is 5.10 Å². The normalized spacial score (nSPS) is 10.6. The smallest absolute Gasteiger partial charge is 0.275 e. The summed E-state index contributed by atoms with van der Waals surface area (Å²) in [6.07, 6.45) is 3.60. The summed E-state index contributed by atoms with van der Waals surface area (Å²) in [4.78, 5) is 10.4. The summed E-state index contributed by atoms with van der Waals surface area (Å²) in [5.41, 5.74) is 2.08. The molecule has 0 fully saturated rings. The lowest BCUT2D eigenvalue weighted by Crippen LogP contribution is -2.02. The second-order valence-corrected chi connectivity index (χ2v) is 4.09. The van der Waals surface area contributed by atoms with Gasteiger partial charge in [0.2, 0.25) is 0 Å². The van der Waals surface area contributed by atoms with Crippen molar-refractivity contribution in [2.75, 3.05) is 0 Å². The van der Waals surface area contributed by atoms with Crippen LogP contribution in [0.3, 0.4) is 0 Å². The molecule has 2 rings (SSSR count). The lowest BCUT2D eigenvalue weighted by atomic mass is 10.1. The Hall–Kier alpha value is -2.21. The number of aliphatic hydroxyl groups is 1. The van der Waals surface area contributed by atoms with Crippen molar-refractivity contribution in [2.24, 2.45) is 0 Å². The van der Waals surface area contributed by atoms with Crippen LogP contribution in [0, 0.1) is 17.0 Å². The van der Waals surface area contributed by atoms with Gasteiger partial charge in [-0.2, -0.15) is 5.10 Å². The molecule has 1 heterocycles. The Labute approximate surface area is 104 Å². The van der Waals surface area contributed by atoms with Gasteiger partial charge in [0.05, 0.1) is 29.8 Å². The fourth-order valence-corrected chi connectivity index (χ4v) is 1.75. The van der Waals surface area contributed by atoms with E-state index in [0.717, 1.165) is 11.1 Å². The number of nitro benzene ring substituents is 1. The Morgan fingerprint density at radius 2 is 2.28 bits per heavy atom. The highest BCUT2D eigenvalue weighted by Gasteiger charge is 2.13. The minimum absolute atomic E-state index is 0.0566. The van der Waals surface area contributed by atoms with Gasteiger partial charge in [-0.15, -0.1) is 0 Å². The van der Waals surface area contributed by atoms with Crippen molar-refractivity contribution in [1.82, 2.24) is 9.78 Å². The fraction of sp³-hybridized carbons (Fsp3) is 0.250. The number of aromatic nitrogens is 2. The van der Waals surface area contributed by atoms with Crippen LogP contribution < -0.4 is 0 Å². The van der Waals surface area contributed by atoms with E-state index in [9.17, 15) is 10.1 Å². The Morgan fingerprint density at radius 1 is 1.50 bits per heavy atom. The molecule has 0 amide bonds. The quantitative estimate of drug-likeness (QED) is 0.657. The molecule has 0 saturated carbocycles. The van der Waals surface area contributed by atoms with E-state index in [1.165, 1.54) is 6.07 Å². The molecule has 0 atom stereocenters. The van der Waals surface area contributed by atoms with Crippen molar-refractivity contribution in [3.63, 3.8) is 0 Å². The molecule has 0 saturated heterocycles. The summed E-state index contributed by atoms with van der Waals surface area (Å²) in [5.74, 6) is 0. The van der Waals surface area contributed by atoms with Crippen molar-refractivity contribution < 1.29 is 10.0 Å². The van der Waals surface area contributed by atoms with Gasteiger partial charge in [-0.25, -0.2) is 0 Å². The van der Waals surface area contributed by atoms with E-state index in [1.54, 1.807) is 23.0 Å². The molecule has 0 bridgehead atoms. The van der Waals surface area contributed by atoms with Crippen molar-refractivity contribution in [2.45, 2.75) is 20.1 Å². The predicted octanol–water partition coefficient (Wildman–Crippen LogP) is 1.64. The first-order valence-corrected chi connectivity index (χ1v) is 5.46. The number of benzene rings is 1. The lowest BCUT2D eigenvalue weighted by Gasteiger charge is -2.04. The summed E-state index contributed by atoms with van der Waals surface area (Å²) in [6.45, 7) is 2.07. The van der Waals surface area contributed by atoms with E-state index in [0.29, 0.717) is 12.1 Å². The van der Waals surface area contributed by atoms with Crippen LogP contribution in [-0.4, -0.2) is 19.8 Å². The first-order chi connectivity index (χ1) is 8.60. The molecular formula is C12H13N3O3. The zero-order valence-electron chi connectivity index (χ0n) is 9.91. The summed E-state index contributed by atoms with van der Waals surface area (Å²) in [7, 11) is 0. The number of hydrogen-bond acceptors (Lipinski definition) is 4. The number of nitro groups is 1. The van der Waals surface area contributed by atoms with Gasteiger partial charge in [-0.05, 0) is 24.1 Å². The maximum Gasteiger partial charge on any atom is 0.275 e. The minimum atomic E-state index is -0.483. The van der Waals surface area contributed by atoms with Crippen LogP contribution in [0.15, 0.2) is 30.6 Å². The maximum atomic E-state index is 10.9. The third-order valence-corrected chi connectivity index (χ3v) is 2.62. The van der Waals surface area contributed by atoms with Crippen LogP contribution >= 0.6 is 0 Å². The number of hydrogen-bond donors (Lipinski definition) is 1. The average molecular weight is 247 g/mol. The Balaban J connectivity index is 2.29. The summed E-state index contributed by atoms with van der Waals surface area (Å²) >= 11 is 0. The van der Waals surface area contributed by atoms with E-state index in [4.69, 9.17) is 5.11 Å². The fourth-order valence-electron chi connectivity index (χ4n) is 1.75. The number of rotatable bonds is 4. The molecule has 0 aliphatic heterocycles. The Kier molecular flexibility index (Phi) is 3.38. The summed E-state index contributed by atoms with van der Waals surface area (Å²) in [5, 5.41) is 24.0. The molecule has 1 aromatic heterocycles. The first kappa shape index (κ1) is 12.3. The van der Waals surface area contributed by atoms with E-state index >= 15 is 0 Å². The largest absolute Gasteiger partial charge is 0.391 e. The van der Waals surface area contributed by atoms with Crippen LogP contribution in [-0.2, 0) is 13.2 Å². The monoisotopic (exact) mass is 247 g/mol. The molecule has 6 nitrogen and oxygen atoms in total. The van der Waals surface area contributed by atoms with Crippen molar-refractivity contribution in [3.05, 3.63) is 57.4 Å². The number of aryl methyl sites for hydroxylation is 1. The summed E-state index contributed by atoms with van der Waals surface area (Å²) < 4.78 is 1.72. The Bertz CT molecular complexity index is 578. The topological polar surface area (TPSA) is 81.2 Å². The lowest BCUT2D eigenvalue weighted by molar-refractivity contribution is -0.385. The zero-order chi connectivity index (χ0) is 13.1. The van der Waals surface area contributed by atoms with E-state index < -0.39 is 4.92 Å². The highest BCUT2D eigenvalue weighted by molar-refractivity contribution is 5.43. The molecular weight excluding hydrogens is 234 g/mol. The predicted molar refractivity (Wildman–Crippen MR) is 65.1 cm³/mol. The highest BCUT2D eigenvalue weighted by atomic mass is 16.6. The van der Waals surface area contributed by atoms with Gasteiger partial charge in [-0.1, -0.05) is 6.07 Å². The molecule has 94 valence electrons. The standard InChI is InChI=1S/C12H13N3O3/c1-9-5-13-14(6-9)7-10-2-3-11(8-16)12(4-10)15(17)18/h2-6,16H,7-8H2,1H3. The molecule has 0 radical (unpaired) electrons. The van der Waals surface area contributed by atoms with Gasteiger partial charge in [-0.3, -0.25) is 14.8 Å². The highest BCUT2D eigenvalue weighted by Crippen LogP contribution is 2.20. The van der Waals surface area contributed by atoms with Gasteiger partial charge < -0.3 is 5.11 Å². The molecule has 0 aliphatic rings.